The van der Waals surface area contributed by atoms with Gasteiger partial charge in [0.1, 0.15) is 5.75 Å². The number of benzene rings is 1. The molecule has 1 aromatic carbocycles. The van der Waals surface area contributed by atoms with Gasteiger partial charge in [-0.25, -0.2) is 0 Å². The summed E-state index contributed by atoms with van der Waals surface area (Å²) in [5, 5.41) is 9.67. The van der Waals surface area contributed by atoms with Gasteiger partial charge in [-0.15, -0.1) is 0 Å². The SMILES string of the molecule is CCOc1cc(Cl)ccc1C(=O)N1CCC2(CC1)CC2C(=O)O. The van der Waals surface area contributed by atoms with Gasteiger partial charge in [0.2, 0.25) is 0 Å². The highest BCUT2D eigenvalue weighted by molar-refractivity contribution is 6.30. The second kappa shape index (κ2) is 6.04. The lowest BCUT2D eigenvalue weighted by Gasteiger charge is -2.33. The van der Waals surface area contributed by atoms with Crippen LogP contribution in [-0.4, -0.2) is 41.6 Å². The number of aliphatic carboxylic acids is 1. The Labute approximate surface area is 140 Å². The smallest absolute Gasteiger partial charge is 0.307 e. The van der Waals surface area contributed by atoms with E-state index in [0.29, 0.717) is 36.0 Å². The molecule has 1 saturated heterocycles. The van der Waals surface area contributed by atoms with Crippen molar-refractivity contribution < 1.29 is 19.4 Å². The second-order valence-electron chi connectivity index (χ2n) is 6.32. The van der Waals surface area contributed by atoms with Gasteiger partial charge in [-0.2, -0.15) is 0 Å². The molecule has 1 amide bonds. The minimum absolute atomic E-state index is 0.0764. The molecular formula is C17H20ClNO4. The molecule has 23 heavy (non-hydrogen) atoms. The van der Waals surface area contributed by atoms with Crippen LogP contribution in [0.2, 0.25) is 5.02 Å². The molecule has 1 aliphatic heterocycles. The largest absolute Gasteiger partial charge is 0.493 e. The molecule has 1 saturated carbocycles. The zero-order chi connectivity index (χ0) is 16.6. The Morgan fingerprint density at radius 3 is 2.65 bits per heavy atom. The third-order valence-corrected chi connectivity index (χ3v) is 5.24. The first-order chi connectivity index (χ1) is 11.0. The highest BCUT2D eigenvalue weighted by Gasteiger charge is 2.59. The Hall–Kier alpha value is -1.75. The van der Waals surface area contributed by atoms with E-state index in [1.807, 2.05) is 6.92 Å². The van der Waals surface area contributed by atoms with Crippen LogP contribution in [0.25, 0.3) is 0 Å². The molecule has 1 N–H and O–H groups in total. The van der Waals surface area contributed by atoms with E-state index in [2.05, 4.69) is 0 Å². The van der Waals surface area contributed by atoms with Gasteiger partial charge in [-0.05, 0) is 49.8 Å². The third kappa shape index (κ3) is 3.02. The maximum absolute atomic E-state index is 12.7. The Morgan fingerprint density at radius 2 is 2.09 bits per heavy atom. The van der Waals surface area contributed by atoms with Crippen molar-refractivity contribution in [3.63, 3.8) is 0 Å². The van der Waals surface area contributed by atoms with Gasteiger partial charge < -0.3 is 14.7 Å². The van der Waals surface area contributed by atoms with E-state index in [1.54, 1.807) is 23.1 Å². The average molecular weight is 338 g/mol. The lowest BCUT2D eigenvalue weighted by Crippen LogP contribution is -2.40. The van der Waals surface area contributed by atoms with Crippen molar-refractivity contribution in [2.75, 3.05) is 19.7 Å². The lowest BCUT2D eigenvalue weighted by atomic mass is 9.90. The summed E-state index contributed by atoms with van der Waals surface area (Å²) in [7, 11) is 0. The highest BCUT2D eigenvalue weighted by Crippen LogP contribution is 2.59. The highest BCUT2D eigenvalue weighted by atomic mass is 35.5. The summed E-state index contributed by atoms with van der Waals surface area (Å²) in [6, 6.07) is 5.03. The number of rotatable bonds is 4. The molecule has 0 radical (unpaired) electrons. The van der Waals surface area contributed by atoms with E-state index < -0.39 is 5.97 Å². The molecule has 124 valence electrons. The molecule has 1 aromatic rings. The number of carboxylic acid groups (broad SMARTS) is 1. The predicted molar refractivity (Wildman–Crippen MR) is 85.9 cm³/mol. The molecule has 3 rings (SSSR count). The Balaban J connectivity index is 1.70. The topological polar surface area (TPSA) is 66.8 Å². The molecule has 1 atom stereocenters. The van der Waals surface area contributed by atoms with Gasteiger partial charge in [0.05, 0.1) is 18.1 Å². The van der Waals surface area contributed by atoms with Crippen LogP contribution in [0.5, 0.6) is 5.75 Å². The van der Waals surface area contributed by atoms with Crippen molar-refractivity contribution in [1.82, 2.24) is 4.90 Å². The number of piperidine rings is 1. The fourth-order valence-corrected chi connectivity index (χ4v) is 3.68. The fourth-order valence-electron chi connectivity index (χ4n) is 3.52. The number of carbonyl (C=O) groups excluding carboxylic acids is 1. The summed E-state index contributed by atoms with van der Waals surface area (Å²) in [5.74, 6) is -0.511. The normalized spacial score (nSPS) is 22.0. The number of nitrogens with zero attached hydrogens (tertiary/aromatic N) is 1. The standard InChI is InChI=1S/C17H20ClNO4/c1-2-23-14-9-11(18)3-4-12(14)15(20)19-7-5-17(6-8-19)10-13(17)16(21)22/h3-4,9,13H,2,5-8,10H2,1H3,(H,21,22). The van der Waals surface area contributed by atoms with Gasteiger partial charge >= 0.3 is 5.97 Å². The van der Waals surface area contributed by atoms with E-state index in [9.17, 15) is 9.59 Å². The van der Waals surface area contributed by atoms with Crippen LogP contribution < -0.4 is 4.74 Å². The predicted octanol–water partition coefficient (Wildman–Crippen LogP) is 3.07. The van der Waals surface area contributed by atoms with Gasteiger partial charge in [-0.1, -0.05) is 11.6 Å². The first-order valence-electron chi connectivity index (χ1n) is 7.91. The van der Waals surface area contributed by atoms with Crippen molar-refractivity contribution in [1.29, 1.82) is 0 Å². The molecule has 1 spiro atoms. The van der Waals surface area contributed by atoms with Crippen LogP contribution in [0.4, 0.5) is 0 Å². The summed E-state index contributed by atoms with van der Waals surface area (Å²) in [4.78, 5) is 25.6. The molecular weight excluding hydrogens is 318 g/mol. The summed E-state index contributed by atoms with van der Waals surface area (Å²) in [5.41, 5.74) is 0.434. The molecule has 1 heterocycles. The van der Waals surface area contributed by atoms with Gasteiger partial charge in [0.25, 0.3) is 5.91 Å². The molecule has 0 bridgehead atoms. The molecule has 1 aliphatic carbocycles. The number of hydrogen-bond acceptors (Lipinski definition) is 3. The first kappa shape index (κ1) is 16.1. The van der Waals surface area contributed by atoms with E-state index in [1.165, 1.54) is 0 Å². The zero-order valence-corrected chi connectivity index (χ0v) is 13.8. The summed E-state index contributed by atoms with van der Waals surface area (Å²) >= 11 is 5.97. The molecule has 6 heteroatoms. The van der Waals surface area contributed by atoms with Crippen LogP contribution in [0.15, 0.2) is 18.2 Å². The van der Waals surface area contributed by atoms with E-state index >= 15 is 0 Å². The quantitative estimate of drug-likeness (QED) is 0.917. The number of likely N-dealkylation sites (tertiary alicyclic amines) is 1. The number of ether oxygens (including phenoxy) is 1. The van der Waals surface area contributed by atoms with Gasteiger partial charge in [0, 0.05) is 18.1 Å². The average Bonchev–Trinajstić information content (AvgIpc) is 3.22. The monoisotopic (exact) mass is 337 g/mol. The summed E-state index contributed by atoms with van der Waals surface area (Å²) < 4.78 is 5.52. The second-order valence-corrected chi connectivity index (χ2v) is 6.76. The Kier molecular flexibility index (Phi) is 4.23. The first-order valence-corrected chi connectivity index (χ1v) is 8.29. The van der Waals surface area contributed by atoms with E-state index in [0.717, 1.165) is 19.3 Å². The molecule has 2 fully saturated rings. The number of amides is 1. The van der Waals surface area contributed by atoms with Crippen LogP contribution in [0.3, 0.4) is 0 Å². The number of halogens is 1. The van der Waals surface area contributed by atoms with E-state index in [4.69, 9.17) is 21.4 Å². The maximum Gasteiger partial charge on any atom is 0.307 e. The van der Waals surface area contributed by atoms with Gasteiger partial charge in [0.15, 0.2) is 0 Å². The number of hydrogen-bond donors (Lipinski definition) is 1. The van der Waals surface area contributed by atoms with Crippen LogP contribution in [-0.2, 0) is 4.79 Å². The van der Waals surface area contributed by atoms with Crippen molar-refractivity contribution in [2.24, 2.45) is 11.3 Å². The van der Waals surface area contributed by atoms with Crippen molar-refractivity contribution >= 4 is 23.5 Å². The maximum atomic E-state index is 12.7. The molecule has 2 aliphatic rings. The van der Waals surface area contributed by atoms with Crippen molar-refractivity contribution in [3.8, 4) is 5.75 Å². The summed E-state index contributed by atoms with van der Waals surface area (Å²) in [6.07, 6.45) is 2.26. The number of carboxylic acids is 1. The van der Waals surface area contributed by atoms with E-state index in [-0.39, 0.29) is 17.2 Å². The molecule has 1 unspecified atom stereocenters. The minimum atomic E-state index is -0.707. The molecule has 0 aromatic heterocycles. The van der Waals surface area contributed by atoms with Crippen LogP contribution in [0, 0.1) is 11.3 Å². The fraction of sp³-hybridized carbons (Fsp3) is 0.529. The number of carbonyl (C=O) groups is 2. The minimum Gasteiger partial charge on any atom is -0.493 e. The van der Waals surface area contributed by atoms with Crippen molar-refractivity contribution in [2.45, 2.75) is 26.2 Å². The Morgan fingerprint density at radius 1 is 1.39 bits per heavy atom. The van der Waals surface area contributed by atoms with Crippen LogP contribution >= 0.6 is 11.6 Å². The molecule has 5 nitrogen and oxygen atoms in total. The Bertz CT molecular complexity index is 637. The lowest BCUT2D eigenvalue weighted by molar-refractivity contribution is -0.139. The zero-order valence-electron chi connectivity index (χ0n) is 13.0. The summed E-state index contributed by atoms with van der Waals surface area (Å²) in [6.45, 7) is 3.51. The van der Waals surface area contributed by atoms with Crippen LogP contribution in [0.1, 0.15) is 36.5 Å². The van der Waals surface area contributed by atoms with Crippen molar-refractivity contribution in [3.05, 3.63) is 28.8 Å². The van der Waals surface area contributed by atoms with Gasteiger partial charge in [-0.3, -0.25) is 9.59 Å². The third-order valence-electron chi connectivity index (χ3n) is 5.01.